The number of aryl methyl sites for hydroxylation is 5. The van der Waals surface area contributed by atoms with Gasteiger partial charge in [-0.2, -0.15) is 0 Å². The molecule has 0 aliphatic rings. The Kier molecular flexibility index (Phi) is 3.23. The summed E-state index contributed by atoms with van der Waals surface area (Å²) in [6.07, 6.45) is 0. The van der Waals surface area contributed by atoms with E-state index in [1.165, 1.54) is 0 Å². The summed E-state index contributed by atoms with van der Waals surface area (Å²) in [5.74, 6) is 0. The van der Waals surface area contributed by atoms with Crippen LogP contribution in [0.15, 0.2) is 48.0 Å². The molecule has 136 valence electrons. The topological polar surface area (TPSA) is 52.6 Å². The summed E-state index contributed by atoms with van der Waals surface area (Å²) in [6, 6.07) is 10.1. The van der Waals surface area contributed by atoms with E-state index in [2.05, 4.69) is 12.1 Å². The highest BCUT2D eigenvalue weighted by Gasteiger charge is 2.17. The van der Waals surface area contributed by atoms with E-state index < -0.39 is 0 Å². The van der Waals surface area contributed by atoms with Gasteiger partial charge in [-0.25, -0.2) is 0 Å². The highest BCUT2D eigenvalue weighted by molar-refractivity contribution is 6.00. The first-order valence-electron chi connectivity index (χ1n) is 9.02. The average Bonchev–Trinajstić information content (AvgIpc) is 2.60. The number of hydrogen-bond acceptors (Lipinski definition) is 4. The van der Waals surface area contributed by atoms with Crippen molar-refractivity contribution in [3.63, 3.8) is 0 Å². The van der Waals surface area contributed by atoms with Gasteiger partial charge in [0.05, 0.1) is 0 Å². The Morgan fingerprint density at radius 1 is 0.407 bits per heavy atom. The Labute approximate surface area is 155 Å². The normalized spacial score (nSPS) is 11.9. The molecule has 5 aromatic rings. The Morgan fingerprint density at radius 3 is 1.48 bits per heavy atom. The predicted molar refractivity (Wildman–Crippen MR) is 107 cm³/mol. The molecule has 0 unspecified atom stereocenters. The molecule has 0 aliphatic heterocycles. The first-order chi connectivity index (χ1) is 12.9. The quantitative estimate of drug-likeness (QED) is 0.214. The van der Waals surface area contributed by atoms with Crippen molar-refractivity contribution in [2.24, 2.45) is 0 Å². The van der Waals surface area contributed by atoms with E-state index in [4.69, 9.17) is 17.7 Å². The van der Waals surface area contributed by atoms with E-state index in [-0.39, 0.29) is 0 Å². The summed E-state index contributed by atoms with van der Waals surface area (Å²) >= 11 is 0. The monoisotopic (exact) mass is 360 g/mol. The molecule has 0 saturated carbocycles. The molecule has 27 heavy (non-hydrogen) atoms. The maximum absolute atomic E-state index is 6.29. The average molecular weight is 360 g/mol. The number of rotatable bonds is 0. The molecular formula is C23H20O4. The summed E-state index contributed by atoms with van der Waals surface area (Å²) in [6.45, 7) is 10.1. The van der Waals surface area contributed by atoms with Crippen LogP contribution in [0.3, 0.4) is 0 Å². The zero-order valence-electron chi connectivity index (χ0n) is 16.0. The lowest BCUT2D eigenvalue weighted by Crippen LogP contribution is -1.88. The van der Waals surface area contributed by atoms with Gasteiger partial charge in [0, 0.05) is 0 Å². The molecule has 0 bridgehead atoms. The zero-order valence-corrected chi connectivity index (χ0v) is 16.0. The van der Waals surface area contributed by atoms with E-state index in [1.807, 2.05) is 52.8 Å². The van der Waals surface area contributed by atoms with Crippen molar-refractivity contribution in [2.45, 2.75) is 34.6 Å². The van der Waals surface area contributed by atoms with Crippen molar-refractivity contribution in [2.75, 3.05) is 0 Å². The van der Waals surface area contributed by atoms with Crippen molar-refractivity contribution in [1.29, 1.82) is 0 Å². The molecule has 0 fully saturated rings. The van der Waals surface area contributed by atoms with Gasteiger partial charge in [-0.3, -0.25) is 0 Å². The van der Waals surface area contributed by atoms with Gasteiger partial charge >= 0.3 is 0 Å². The van der Waals surface area contributed by atoms with Crippen molar-refractivity contribution in [3.8, 4) is 0 Å². The van der Waals surface area contributed by atoms with Crippen LogP contribution in [-0.2, 0) is 0 Å². The fourth-order valence-electron chi connectivity index (χ4n) is 3.79. The van der Waals surface area contributed by atoms with E-state index in [0.29, 0.717) is 27.9 Å². The van der Waals surface area contributed by atoms with Crippen LogP contribution in [0.1, 0.15) is 27.8 Å². The van der Waals surface area contributed by atoms with E-state index in [0.717, 1.165) is 44.6 Å². The van der Waals surface area contributed by atoms with Gasteiger partial charge in [0.2, 0.25) is 11.2 Å². The van der Waals surface area contributed by atoms with E-state index in [9.17, 15) is 0 Å². The predicted octanol–water partition coefficient (Wildman–Crippen LogP) is 7.34. The molecule has 5 rings (SSSR count). The second-order valence-corrected chi connectivity index (χ2v) is 7.41. The minimum Gasteiger partial charge on any atom is -0.449 e. The molecule has 2 heterocycles. The van der Waals surface area contributed by atoms with Crippen LogP contribution in [0.4, 0.5) is 0 Å². The number of fused-ring (bicyclic) bond motifs is 5. The summed E-state index contributed by atoms with van der Waals surface area (Å²) < 4.78 is 24.9. The molecule has 0 aliphatic carbocycles. The van der Waals surface area contributed by atoms with Gasteiger partial charge < -0.3 is 17.7 Å². The fourth-order valence-corrected chi connectivity index (χ4v) is 3.79. The Morgan fingerprint density at radius 2 is 0.852 bits per heavy atom. The second-order valence-electron chi connectivity index (χ2n) is 7.41. The minimum absolute atomic E-state index is 0.554. The molecular weight excluding hydrogens is 340 g/mol. The summed E-state index contributed by atoms with van der Waals surface area (Å²) in [4.78, 5) is 0. The van der Waals surface area contributed by atoms with Gasteiger partial charge in [-0.1, -0.05) is 12.1 Å². The van der Waals surface area contributed by atoms with Gasteiger partial charge in [0.1, 0.15) is 0 Å². The first-order valence-corrected chi connectivity index (χ1v) is 9.02. The number of benzene rings is 3. The summed E-state index contributed by atoms with van der Waals surface area (Å²) in [5.41, 5.74) is 10.6. The fraction of sp³-hybridized carbons (Fsp3) is 0.217. The third kappa shape index (κ3) is 2.36. The maximum atomic E-state index is 6.29. The van der Waals surface area contributed by atoms with Crippen LogP contribution in [-0.4, -0.2) is 0 Å². The van der Waals surface area contributed by atoms with Gasteiger partial charge in [0.25, 0.3) is 0 Å². The van der Waals surface area contributed by atoms with Gasteiger partial charge in [-0.05, 0) is 80.6 Å². The second kappa shape index (κ2) is 5.43. The standard InChI is InChI=1S/C23H20O4/c1-11-6-13(3)19-16(8-11)26-22-18(24-19)10-15(5)21-23(22)27-20-14(4)7-12(2)9-17(20)25-21/h6-10H,1-5H3. The van der Waals surface area contributed by atoms with Crippen LogP contribution in [0.2, 0.25) is 0 Å². The van der Waals surface area contributed by atoms with Crippen LogP contribution in [0.25, 0.3) is 44.7 Å². The van der Waals surface area contributed by atoms with Crippen molar-refractivity contribution in [1.82, 2.24) is 0 Å². The molecule has 0 N–H and O–H groups in total. The van der Waals surface area contributed by atoms with Crippen molar-refractivity contribution >= 4 is 44.7 Å². The Hall–Kier alpha value is -3.14. The lowest BCUT2D eigenvalue weighted by molar-refractivity contribution is 0.550. The molecule has 0 saturated heterocycles. The lowest BCUT2D eigenvalue weighted by atomic mass is 10.1. The molecule has 0 spiro atoms. The molecule has 4 heteroatoms. The SMILES string of the molecule is Cc1cc(C)c2oc3cc(C)c4oc5cc(C)cc(C)c5oc4c3oc2c1. The van der Waals surface area contributed by atoms with Gasteiger partial charge in [0.15, 0.2) is 33.5 Å². The maximum Gasteiger partial charge on any atom is 0.216 e. The summed E-state index contributed by atoms with van der Waals surface area (Å²) in [5, 5.41) is 0. The molecule has 0 atom stereocenters. The highest BCUT2D eigenvalue weighted by Crippen LogP contribution is 2.36. The van der Waals surface area contributed by atoms with E-state index >= 15 is 0 Å². The van der Waals surface area contributed by atoms with Crippen molar-refractivity contribution < 1.29 is 17.7 Å². The Bertz CT molecular complexity index is 1420. The lowest BCUT2D eigenvalue weighted by Gasteiger charge is -2.10. The summed E-state index contributed by atoms with van der Waals surface area (Å²) in [7, 11) is 0. The third-order valence-electron chi connectivity index (χ3n) is 4.95. The molecule has 0 radical (unpaired) electrons. The van der Waals surface area contributed by atoms with Gasteiger partial charge in [-0.15, -0.1) is 0 Å². The first kappa shape index (κ1) is 16.1. The van der Waals surface area contributed by atoms with Crippen LogP contribution < -0.4 is 0 Å². The minimum atomic E-state index is 0.554. The van der Waals surface area contributed by atoms with Crippen LogP contribution >= 0.6 is 0 Å². The number of hydrogen-bond donors (Lipinski definition) is 0. The molecule has 2 aromatic heterocycles. The van der Waals surface area contributed by atoms with Crippen LogP contribution in [0.5, 0.6) is 0 Å². The highest BCUT2D eigenvalue weighted by atomic mass is 16.4. The third-order valence-corrected chi connectivity index (χ3v) is 4.95. The van der Waals surface area contributed by atoms with Crippen LogP contribution in [0, 0.1) is 34.6 Å². The molecule has 3 aromatic carbocycles. The molecule has 4 nitrogen and oxygen atoms in total. The Balaban J connectivity index is 2.00. The largest absolute Gasteiger partial charge is 0.449 e. The molecule has 0 amide bonds. The zero-order chi connectivity index (χ0) is 18.9. The van der Waals surface area contributed by atoms with Crippen molar-refractivity contribution in [3.05, 3.63) is 58.1 Å². The smallest absolute Gasteiger partial charge is 0.216 e. The van der Waals surface area contributed by atoms with E-state index in [1.54, 1.807) is 0 Å².